The van der Waals surface area contributed by atoms with Gasteiger partial charge in [0.25, 0.3) is 0 Å². The molecule has 14 heavy (non-hydrogen) atoms. The predicted molar refractivity (Wildman–Crippen MR) is 60.3 cm³/mol. The Labute approximate surface area is 83.7 Å². The first kappa shape index (κ1) is 7.86. The Balaban J connectivity index is 2.48. The van der Waals surface area contributed by atoms with Crippen LogP contribution in [0.5, 0.6) is 0 Å². The zero-order valence-corrected chi connectivity index (χ0v) is 8.33. The molecule has 0 spiro atoms. The standard InChI is InChI=1S/C13H13N/c1-14-12-8-4-2-6-10(12)11-7-3-5-9-13(11)14/h2-4,6-8H,5,9H2,1H3. The van der Waals surface area contributed by atoms with Crippen LogP contribution in [0, 0.1) is 0 Å². The number of benzene rings is 1. The maximum Gasteiger partial charge on any atom is 0.0486 e. The predicted octanol–water partition coefficient (Wildman–Crippen LogP) is 3.14. The lowest BCUT2D eigenvalue weighted by molar-refractivity contribution is 0.824. The van der Waals surface area contributed by atoms with Gasteiger partial charge in [0.2, 0.25) is 0 Å². The summed E-state index contributed by atoms with van der Waals surface area (Å²) < 4.78 is 2.33. The molecule has 0 radical (unpaired) electrons. The number of hydrogen-bond acceptors (Lipinski definition) is 0. The molecular formula is C13H13N. The number of aromatic nitrogens is 1. The van der Waals surface area contributed by atoms with Crippen molar-refractivity contribution in [3.8, 4) is 0 Å². The van der Waals surface area contributed by atoms with Crippen LogP contribution in [-0.2, 0) is 13.5 Å². The summed E-state index contributed by atoms with van der Waals surface area (Å²) in [5, 5.41) is 1.39. The Morgan fingerprint density at radius 1 is 1.21 bits per heavy atom. The lowest BCUT2D eigenvalue weighted by atomic mass is 10.0. The van der Waals surface area contributed by atoms with Crippen molar-refractivity contribution in [2.24, 2.45) is 7.05 Å². The van der Waals surface area contributed by atoms with Gasteiger partial charge in [-0.25, -0.2) is 0 Å². The van der Waals surface area contributed by atoms with E-state index in [2.05, 4.69) is 48.0 Å². The maximum absolute atomic E-state index is 2.33. The maximum atomic E-state index is 2.33. The molecule has 0 unspecified atom stereocenters. The van der Waals surface area contributed by atoms with Gasteiger partial charge in [0, 0.05) is 29.2 Å². The normalized spacial score (nSPS) is 14.6. The van der Waals surface area contributed by atoms with Crippen molar-refractivity contribution in [1.82, 2.24) is 4.57 Å². The SMILES string of the molecule is Cn1c2c(c3ccccc31)C=CCC2. The van der Waals surface area contributed by atoms with E-state index in [1.807, 2.05) is 0 Å². The van der Waals surface area contributed by atoms with Crippen LogP contribution < -0.4 is 0 Å². The topological polar surface area (TPSA) is 4.93 Å². The highest BCUT2D eigenvalue weighted by molar-refractivity contribution is 5.91. The van der Waals surface area contributed by atoms with Crippen LogP contribution in [0.1, 0.15) is 17.7 Å². The molecule has 0 atom stereocenters. The van der Waals surface area contributed by atoms with Crippen LogP contribution in [0.4, 0.5) is 0 Å². The van der Waals surface area contributed by atoms with Gasteiger partial charge in [-0.15, -0.1) is 0 Å². The Kier molecular flexibility index (Phi) is 1.54. The number of para-hydroxylation sites is 1. The molecule has 0 fully saturated rings. The van der Waals surface area contributed by atoms with Gasteiger partial charge in [-0.05, 0) is 18.9 Å². The summed E-state index contributed by atoms with van der Waals surface area (Å²) in [4.78, 5) is 0. The lowest BCUT2D eigenvalue weighted by Crippen LogP contribution is -1.99. The van der Waals surface area contributed by atoms with E-state index in [0.717, 1.165) is 0 Å². The third-order valence-electron chi connectivity index (χ3n) is 3.10. The second-order valence-corrected chi connectivity index (χ2v) is 3.88. The molecule has 1 aliphatic carbocycles. The Morgan fingerprint density at radius 3 is 3.00 bits per heavy atom. The zero-order chi connectivity index (χ0) is 9.54. The number of fused-ring (bicyclic) bond motifs is 3. The number of hydrogen-bond donors (Lipinski definition) is 0. The van der Waals surface area contributed by atoms with Crippen LogP contribution in [0.25, 0.3) is 17.0 Å². The molecule has 2 aromatic rings. The molecule has 70 valence electrons. The van der Waals surface area contributed by atoms with Gasteiger partial charge in [0.15, 0.2) is 0 Å². The van der Waals surface area contributed by atoms with Crippen molar-refractivity contribution in [1.29, 1.82) is 0 Å². The highest BCUT2D eigenvalue weighted by atomic mass is 14.9. The smallest absolute Gasteiger partial charge is 0.0486 e. The molecule has 0 amide bonds. The highest BCUT2D eigenvalue weighted by Crippen LogP contribution is 2.29. The van der Waals surface area contributed by atoms with E-state index in [0.29, 0.717) is 0 Å². The average Bonchev–Trinajstić information content (AvgIpc) is 2.55. The van der Waals surface area contributed by atoms with E-state index in [1.165, 1.54) is 35.0 Å². The Bertz CT molecular complexity index is 517. The molecule has 0 N–H and O–H groups in total. The van der Waals surface area contributed by atoms with Gasteiger partial charge >= 0.3 is 0 Å². The van der Waals surface area contributed by atoms with E-state index < -0.39 is 0 Å². The molecule has 1 nitrogen and oxygen atoms in total. The molecule has 0 saturated carbocycles. The molecule has 1 heterocycles. The molecule has 0 saturated heterocycles. The van der Waals surface area contributed by atoms with Crippen LogP contribution in [0.3, 0.4) is 0 Å². The average molecular weight is 183 g/mol. The summed E-state index contributed by atoms with van der Waals surface area (Å²) in [5.41, 5.74) is 4.26. The van der Waals surface area contributed by atoms with Crippen molar-refractivity contribution in [3.63, 3.8) is 0 Å². The van der Waals surface area contributed by atoms with Gasteiger partial charge < -0.3 is 4.57 Å². The first-order valence-corrected chi connectivity index (χ1v) is 5.11. The number of rotatable bonds is 0. The summed E-state index contributed by atoms with van der Waals surface area (Å²) in [6.07, 6.45) is 6.89. The highest BCUT2D eigenvalue weighted by Gasteiger charge is 2.13. The summed E-state index contributed by atoms with van der Waals surface area (Å²) in [5.74, 6) is 0. The fourth-order valence-electron chi connectivity index (χ4n) is 2.38. The number of nitrogens with zero attached hydrogens (tertiary/aromatic N) is 1. The minimum Gasteiger partial charge on any atom is -0.347 e. The third-order valence-corrected chi connectivity index (χ3v) is 3.10. The van der Waals surface area contributed by atoms with Gasteiger partial charge in [0.05, 0.1) is 0 Å². The second kappa shape index (κ2) is 2.74. The third kappa shape index (κ3) is 0.897. The number of allylic oxidation sites excluding steroid dienone is 1. The largest absolute Gasteiger partial charge is 0.347 e. The van der Waals surface area contributed by atoms with Crippen LogP contribution in [0.15, 0.2) is 30.3 Å². The van der Waals surface area contributed by atoms with Crippen molar-refractivity contribution in [3.05, 3.63) is 41.6 Å². The second-order valence-electron chi connectivity index (χ2n) is 3.88. The lowest BCUT2D eigenvalue weighted by Gasteiger charge is -2.07. The molecule has 1 aliphatic rings. The molecular weight excluding hydrogens is 170 g/mol. The monoisotopic (exact) mass is 183 g/mol. The quantitative estimate of drug-likeness (QED) is 0.591. The van der Waals surface area contributed by atoms with Crippen molar-refractivity contribution in [2.75, 3.05) is 0 Å². The van der Waals surface area contributed by atoms with Crippen molar-refractivity contribution < 1.29 is 0 Å². The van der Waals surface area contributed by atoms with Crippen LogP contribution in [0.2, 0.25) is 0 Å². The number of aryl methyl sites for hydroxylation is 1. The minimum absolute atomic E-state index is 1.18. The van der Waals surface area contributed by atoms with Gasteiger partial charge in [-0.3, -0.25) is 0 Å². The van der Waals surface area contributed by atoms with Gasteiger partial charge in [-0.1, -0.05) is 30.4 Å². The van der Waals surface area contributed by atoms with E-state index in [1.54, 1.807) is 0 Å². The minimum atomic E-state index is 1.18. The molecule has 1 aromatic carbocycles. The fraction of sp³-hybridized carbons (Fsp3) is 0.231. The van der Waals surface area contributed by atoms with Crippen molar-refractivity contribution in [2.45, 2.75) is 12.8 Å². The van der Waals surface area contributed by atoms with Gasteiger partial charge in [0.1, 0.15) is 0 Å². The van der Waals surface area contributed by atoms with Crippen LogP contribution >= 0.6 is 0 Å². The van der Waals surface area contributed by atoms with E-state index in [9.17, 15) is 0 Å². The summed E-state index contributed by atoms with van der Waals surface area (Å²) in [6, 6.07) is 8.63. The molecule has 1 aromatic heterocycles. The summed E-state index contributed by atoms with van der Waals surface area (Å²) >= 11 is 0. The molecule has 0 bridgehead atoms. The van der Waals surface area contributed by atoms with E-state index in [4.69, 9.17) is 0 Å². The van der Waals surface area contributed by atoms with Crippen molar-refractivity contribution >= 4 is 17.0 Å². The van der Waals surface area contributed by atoms with Crippen LogP contribution in [-0.4, -0.2) is 4.57 Å². The molecule has 0 aliphatic heterocycles. The zero-order valence-electron chi connectivity index (χ0n) is 8.33. The fourth-order valence-corrected chi connectivity index (χ4v) is 2.38. The molecule has 1 heteroatoms. The summed E-state index contributed by atoms with van der Waals surface area (Å²) in [6.45, 7) is 0. The van der Waals surface area contributed by atoms with E-state index in [-0.39, 0.29) is 0 Å². The van der Waals surface area contributed by atoms with Gasteiger partial charge in [-0.2, -0.15) is 0 Å². The first-order chi connectivity index (χ1) is 6.88. The Hall–Kier alpha value is -1.50. The van der Waals surface area contributed by atoms with E-state index >= 15 is 0 Å². The Morgan fingerprint density at radius 2 is 2.07 bits per heavy atom. The molecule has 3 rings (SSSR count). The summed E-state index contributed by atoms with van der Waals surface area (Å²) in [7, 11) is 2.17. The first-order valence-electron chi connectivity index (χ1n) is 5.11.